The molecule has 1 fully saturated rings. The lowest BCUT2D eigenvalue weighted by Crippen LogP contribution is -2.42. The number of hydrogen-bond acceptors (Lipinski definition) is 5. The lowest BCUT2D eigenvalue weighted by Gasteiger charge is -2.31. The highest BCUT2D eigenvalue weighted by Gasteiger charge is 2.27. The Kier molecular flexibility index (Phi) is 8.88. The van der Waals surface area contributed by atoms with E-state index in [2.05, 4.69) is 10.6 Å². The molecule has 0 spiro atoms. The van der Waals surface area contributed by atoms with Crippen LogP contribution in [0.2, 0.25) is 5.02 Å². The SMILES string of the molecule is CC1=CC(=O)C(CNC(=O)c2cc(Cl)cc(OC3CCC(NC(=O)OC(C)(C)C)CC3)c2C)=C(C)C1. The Morgan fingerprint density at radius 2 is 1.75 bits per heavy atom. The molecule has 0 bridgehead atoms. The second-order valence-corrected chi connectivity index (χ2v) is 11.2. The minimum atomic E-state index is -0.531. The Bertz CT molecular complexity index is 1090. The molecule has 0 unspecified atom stereocenters. The predicted molar refractivity (Wildman–Crippen MR) is 141 cm³/mol. The molecule has 7 nitrogen and oxygen atoms in total. The zero-order valence-corrected chi connectivity index (χ0v) is 22.8. The second kappa shape index (κ2) is 11.5. The molecule has 1 aromatic carbocycles. The van der Waals surface area contributed by atoms with E-state index in [1.807, 2.05) is 41.5 Å². The van der Waals surface area contributed by atoms with Crippen molar-refractivity contribution in [2.75, 3.05) is 6.54 Å². The zero-order chi connectivity index (χ0) is 26.6. The van der Waals surface area contributed by atoms with Gasteiger partial charge in [0.1, 0.15) is 11.4 Å². The van der Waals surface area contributed by atoms with Crippen LogP contribution in [0.4, 0.5) is 4.79 Å². The van der Waals surface area contributed by atoms with Crippen LogP contribution in [0.3, 0.4) is 0 Å². The third-order valence-electron chi connectivity index (χ3n) is 6.42. The quantitative estimate of drug-likeness (QED) is 0.496. The van der Waals surface area contributed by atoms with Crippen molar-refractivity contribution in [2.45, 2.75) is 91.4 Å². The first kappa shape index (κ1) is 27.8. The third-order valence-corrected chi connectivity index (χ3v) is 6.64. The smallest absolute Gasteiger partial charge is 0.407 e. The van der Waals surface area contributed by atoms with E-state index in [-0.39, 0.29) is 30.4 Å². The number of carbonyl (C=O) groups is 3. The minimum absolute atomic E-state index is 0.0420. The number of ketones is 1. The molecule has 0 saturated heterocycles. The van der Waals surface area contributed by atoms with E-state index in [1.165, 1.54) is 0 Å². The maximum absolute atomic E-state index is 13.0. The van der Waals surface area contributed by atoms with Crippen LogP contribution in [0.15, 0.2) is 34.9 Å². The number of hydrogen-bond donors (Lipinski definition) is 2. The average Bonchev–Trinajstić information content (AvgIpc) is 2.75. The van der Waals surface area contributed by atoms with Crippen molar-refractivity contribution in [3.05, 3.63) is 51.1 Å². The van der Waals surface area contributed by atoms with E-state index in [0.29, 0.717) is 27.5 Å². The van der Waals surface area contributed by atoms with Gasteiger partial charge in [-0.3, -0.25) is 9.59 Å². The van der Waals surface area contributed by atoms with Crippen LogP contribution >= 0.6 is 11.6 Å². The summed E-state index contributed by atoms with van der Waals surface area (Å²) in [6.07, 6.45) is 4.98. The Hall–Kier alpha value is -2.80. The maximum Gasteiger partial charge on any atom is 0.407 e. The van der Waals surface area contributed by atoms with Gasteiger partial charge in [-0.15, -0.1) is 0 Å². The Morgan fingerprint density at radius 1 is 1.08 bits per heavy atom. The van der Waals surface area contributed by atoms with E-state index in [1.54, 1.807) is 18.2 Å². The Morgan fingerprint density at radius 3 is 2.36 bits per heavy atom. The van der Waals surface area contributed by atoms with E-state index >= 15 is 0 Å². The molecule has 1 aromatic rings. The van der Waals surface area contributed by atoms with Crippen LogP contribution in [0.25, 0.3) is 0 Å². The molecule has 36 heavy (non-hydrogen) atoms. The number of alkyl carbamates (subject to hydrolysis) is 1. The molecule has 0 radical (unpaired) electrons. The van der Waals surface area contributed by atoms with Gasteiger partial charge in [0.25, 0.3) is 5.91 Å². The lowest BCUT2D eigenvalue weighted by atomic mass is 9.92. The van der Waals surface area contributed by atoms with Crippen molar-refractivity contribution in [2.24, 2.45) is 0 Å². The number of amides is 2. The first-order valence-electron chi connectivity index (χ1n) is 12.5. The lowest BCUT2D eigenvalue weighted by molar-refractivity contribution is -0.111. The zero-order valence-electron chi connectivity index (χ0n) is 22.0. The van der Waals surface area contributed by atoms with E-state index in [0.717, 1.165) is 43.3 Å². The van der Waals surface area contributed by atoms with Gasteiger partial charge in [0.15, 0.2) is 5.78 Å². The fourth-order valence-corrected chi connectivity index (χ4v) is 4.80. The average molecular weight is 517 g/mol. The molecule has 1 saturated carbocycles. The molecule has 0 aromatic heterocycles. The first-order valence-corrected chi connectivity index (χ1v) is 12.8. The van der Waals surface area contributed by atoms with Crippen LogP contribution in [0.5, 0.6) is 5.75 Å². The molecular formula is C28H37ClN2O5. The summed E-state index contributed by atoms with van der Waals surface area (Å²) in [5.74, 6) is 0.212. The summed E-state index contributed by atoms with van der Waals surface area (Å²) in [4.78, 5) is 37.4. The fraction of sp³-hybridized carbons (Fsp3) is 0.536. The highest BCUT2D eigenvalue weighted by Crippen LogP contribution is 2.31. The molecule has 0 aliphatic heterocycles. The normalized spacial score (nSPS) is 20.5. The van der Waals surface area contributed by atoms with Gasteiger partial charge in [0.2, 0.25) is 0 Å². The predicted octanol–water partition coefficient (Wildman–Crippen LogP) is 5.83. The molecule has 2 N–H and O–H groups in total. The Labute approximate surface area is 218 Å². The van der Waals surface area contributed by atoms with Crippen LogP contribution in [0.1, 0.15) is 82.6 Å². The number of ether oxygens (including phenoxy) is 2. The fourth-order valence-electron chi connectivity index (χ4n) is 4.59. The van der Waals surface area contributed by atoms with Crippen molar-refractivity contribution in [1.82, 2.24) is 10.6 Å². The molecule has 0 atom stereocenters. The van der Waals surface area contributed by atoms with Gasteiger partial charge in [0.05, 0.1) is 6.10 Å². The van der Waals surface area contributed by atoms with Crippen molar-refractivity contribution in [1.29, 1.82) is 0 Å². The summed E-state index contributed by atoms with van der Waals surface area (Å²) >= 11 is 6.34. The van der Waals surface area contributed by atoms with Crippen LogP contribution in [-0.4, -0.2) is 42.1 Å². The summed E-state index contributed by atoms with van der Waals surface area (Å²) in [6, 6.07) is 3.39. The van der Waals surface area contributed by atoms with Crippen molar-refractivity contribution in [3.63, 3.8) is 0 Å². The highest BCUT2D eigenvalue weighted by atomic mass is 35.5. The highest BCUT2D eigenvalue weighted by molar-refractivity contribution is 6.31. The van der Waals surface area contributed by atoms with Crippen LogP contribution in [0, 0.1) is 6.92 Å². The standard InChI is InChI=1S/C28H37ClN2O5/c1-16-11-17(2)23(24(32)12-16)15-30-26(33)22-13-19(29)14-25(18(22)3)35-21-9-7-20(8-10-21)31-27(34)36-28(4,5)6/h12-14,20-21H,7-11,15H2,1-6H3,(H,30,33)(H,31,34). The number of halogens is 1. The molecule has 2 amide bonds. The number of carbonyl (C=O) groups excluding carboxylic acids is 3. The second-order valence-electron chi connectivity index (χ2n) is 10.8. The molecule has 3 rings (SSSR count). The van der Waals surface area contributed by atoms with Gasteiger partial charge in [-0.2, -0.15) is 0 Å². The summed E-state index contributed by atoms with van der Waals surface area (Å²) in [6.45, 7) is 11.4. The minimum Gasteiger partial charge on any atom is -0.490 e. The van der Waals surface area contributed by atoms with Crippen molar-refractivity contribution < 1.29 is 23.9 Å². The monoisotopic (exact) mass is 516 g/mol. The maximum atomic E-state index is 13.0. The van der Waals surface area contributed by atoms with E-state index in [9.17, 15) is 14.4 Å². The Balaban J connectivity index is 1.59. The van der Waals surface area contributed by atoms with Crippen LogP contribution < -0.4 is 15.4 Å². The van der Waals surface area contributed by atoms with E-state index in [4.69, 9.17) is 21.1 Å². The van der Waals surface area contributed by atoms with Gasteiger partial charge in [-0.05, 0) is 91.9 Å². The molecule has 8 heteroatoms. The van der Waals surface area contributed by atoms with Gasteiger partial charge >= 0.3 is 6.09 Å². The summed E-state index contributed by atoms with van der Waals surface area (Å²) < 4.78 is 11.6. The molecular weight excluding hydrogens is 480 g/mol. The molecule has 2 aliphatic rings. The van der Waals surface area contributed by atoms with Gasteiger partial charge in [-0.25, -0.2) is 4.79 Å². The molecule has 0 heterocycles. The number of nitrogens with one attached hydrogen (secondary N) is 2. The van der Waals surface area contributed by atoms with Gasteiger partial charge in [-0.1, -0.05) is 22.7 Å². The van der Waals surface area contributed by atoms with Crippen molar-refractivity contribution >= 4 is 29.4 Å². The number of allylic oxidation sites excluding steroid dienone is 3. The summed E-state index contributed by atoms with van der Waals surface area (Å²) in [5, 5.41) is 6.21. The summed E-state index contributed by atoms with van der Waals surface area (Å²) in [5.41, 5.74) is 3.21. The van der Waals surface area contributed by atoms with Crippen molar-refractivity contribution in [3.8, 4) is 5.75 Å². The third kappa shape index (κ3) is 7.60. The first-order chi connectivity index (χ1) is 16.8. The topological polar surface area (TPSA) is 93.7 Å². The van der Waals surface area contributed by atoms with E-state index < -0.39 is 11.7 Å². The summed E-state index contributed by atoms with van der Waals surface area (Å²) in [7, 11) is 0. The van der Waals surface area contributed by atoms with Gasteiger partial charge < -0.3 is 20.1 Å². The van der Waals surface area contributed by atoms with Gasteiger partial charge in [0, 0.05) is 34.3 Å². The molecule has 2 aliphatic carbocycles. The largest absolute Gasteiger partial charge is 0.490 e. The number of benzene rings is 1. The van der Waals surface area contributed by atoms with Crippen LogP contribution in [-0.2, 0) is 9.53 Å². The number of rotatable bonds is 6. The molecule has 196 valence electrons.